The fourth-order valence-electron chi connectivity index (χ4n) is 2.36. The number of ether oxygens (including phenoxy) is 2. The molecule has 0 aromatic heterocycles. The number of nitrogens with one attached hydrogen (secondary N) is 1. The largest absolute Gasteiger partial charge is 0.383 e. The molecule has 0 fully saturated rings. The first-order chi connectivity index (χ1) is 9.60. The first-order valence-corrected chi connectivity index (χ1v) is 8.05. The molecule has 0 aliphatic heterocycles. The summed E-state index contributed by atoms with van der Waals surface area (Å²) >= 11 is 0. The van der Waals surface area contributed by atoms with Crippen molar-refractivity contribution >= 4 is 0 Å². The Kier molecular flexibility index (Phi) is 12.5. The summed E-state index contributed by atoms with van der Waals surface area (Å²) in [4.78, 5) is 2.48. The van der Waals surface area contributed by atoms with Crippen LogP contribution in [0, 0.1) is 5.92 Å². The number of nitrogens with zero attached hydrogens (tertiary/aromatic N) is 1. The molecule has 0 spiro atoms. The van der Waals surface area contributed by atoms with Gasteiger partial charge < -0.3 is 14.8 Å². The van der Waals surface area contributed by atoms with E-state index in [1.54, 1.807) is 14.2 Å². The molecule has 0 heterocycles. The minimum Gasteiger partial charge on any atom is -0.383 e. The van der Waals surface area contributed by atoms with Crippen molar-refractivity contribution in [3.63, 3.8) is 0 Å². The van der Waals surface area contributed by atoms with Crippen molar-refractivity contribution in [1.82, 2.24) is 10.2 Å². The van der Waals surface area contributed by atoms with Gasteiger partial charge in [0.25, 0.3) is 0 Å². The summed E-state index contributed by atoms with van der Waals surface area (Å²) < 4.78 is 10.6. The molecular weight excluding hydrogens is 252 g/mol. The van der Waals surface area contributed by atoms with Gasteiger partial charge in [-0.05, 0) is 25.8 Å². The van der Waals surface area contributed by atoms with Crippen LogP contribution in [0.3, 0.4) is 0 Å². The number of methoxy groups -OCH3 is 2. The van der Waals surface area contributed by atoms with E-state index >= 15 is 0 Å². The molecule has 3 unspecified atom stereocenters. The highest BCUT2D eigenvalue weighted by Crippen LogP contribution is 2.12. The second-order valence-electron chi connectivity index (χ2n) is 5.74. The van der Waals surface area contributed by atoms with E-state index in [1.165, 1.54) is 12.8 Å². The minimum atomic E-state index is 0.421. The lowest BCUT2D eigenvalue weighted by atomic mass is 9.98. The third-order valence-corrected chi connectivity index (χ3v) is 4.03. The van der Waals surface area contributed by atoms with E-state index in [1.807, 2.05) is 0 Å². The maximum Gasteiger partial charge on any atom is 0.0615 e. The van der Waals surface area contributed by atoms with E-state index in [2.05, 4.69) is 37.9 Å². The first kappa shape index (κ1) is 19.8. The SMILES string of the molecule is CCCNC(CN(CCOC)C(C)COC)C(C)CC. The van der Waals surface area contributed by atoms with E-state index in [0.29, 0.717) is 18.0 Å². The zero-order valence-corrected chi connectivity index (χ0v) is 14.4. The molecule has 4 nitrogen and oxygen atoms in total. The van der Waals surface area contributed by atoms with Crippen molar-refractivity contribution in [2.75, 3.05) is 47.1 Å². The van der Waals surface area contributed by atoms with Crippen molar-refractivity contribution in [1.29, 1.82) is 0 Å². The third kappa shape index (κ3) is 8.20. The molecule has 20 heavy (non-hydrogen) atoms. The Morgan fingerprint density at radius 2 is 1.80 bits per heavy atom. The molecule has 0 saturated heterocycles. The molecule has 0 aromatic rings. The lowest BCUT2D eigenvalue weighted by Crippen LogP contribution is -2.49. The molecule has 0 radical (unpaired) electrons. The Hall–Kier alpha value is -0.160. The number of rotatable bonds is 13. The molecule has 1 N–H and O–H groups in total. The van der Waals surface area contributed by atoms with Crippen molar-refractivity contribution in [3.8, 4) is 0 Å². The van der Waals surface area contributed by atoms with E-state index < -0.39 is 0 Å². The van der Waals surface area contributed by atoms with Crippen LogP contribution in [0.4, 0.5) is 0 Å². The lowest BCUT2D eigenvalue weighted by Gasteiger charge is -2.34. The second-order valence-corrected chi connectivity index (χ2v) is 5.74. The van der Waals surface area contributed by atoms with E-state index in [4.69, 9.17) is 9.47 Å². The second kappa shape index (κ2) is 12.6. The summed E-state index contributed by atoms with van der Waals surface area (Å²) in [7, 11) is 3.53. The van der Waals surface area contributed by atoms with Crippen LogP contribution in [0.25, 0.3) is 0 Å². The maximum absolute atomic E-state index is 5.31. The van der Waals surface area contributed by atoms with Crippen LogP contribution in [0.2, 0.25) is 0 Å². The zero-order chi connectivity index (χ0) is 15.4. The van der Waals surface area contributed by atoms with Gasteiger partial charge in [0.05, 0.1) is 13.2 Å². The Balaban J connectivity index is 4.58. The standard InChI is InChI=1S/C16H36N2O2/c1-7-9-17-16(14(3)8-2)12-18(10-11-19-5)15(4)13-20-6/h14-17H,7-13H2,1-6H3. The van der Waals surface area contributed by atoms with E-state index in [0.717, 1.165) is 32.8 Å². The van der Waals surface area contributed by atoms with Gasteiger partial charge in [-0.15, -0.1) is 0 Å². The van der Waals surface area contributed by atoms with Crippen molar-refractivity contribution in [2.45, 2.75) is 52.6 Å². The van der Waals surface area contributed by atoms with E-state index in [9.17, 15) is 0 Å². The predicted octanol–water partition coefficient (Wildman–Crippen LogP) is 2.38. The Morgan fingerprint density at radius 3 is 2.30 bits per heavy atom. The van der Waals surface area contributed by atoms with E-state index in [-0.39, 0.29) is 0 Å². The molecule has 0 aromatic carbocycles. The average Bonchev–Trinajstić information content (AvgIpc) is 2.46. The molecular formula is C16H36N2O2. The highest BCUT2D eigenvalue weighted by Gasteiger charge is 2.21. The molecule has 0 aliphatic rings. The average molecular weight is 288 g/mol. The van der Waals surface area contributed by atoms with Gasteiger partial charge in [-0.1, -0.05) is 27.2 Å². The van der Waals surface area contributed by atoms with Crippen LogP contribution >= 0.6 is 0 Å². The first-order valence-electron chi connectivity index (χ1n) is 8.05. The minimum absolute atomic E-state index is 0.421. The van der Waals surface area contributed by atoms with Crippen molar-refractivity contribution in [2.24, 2.45) is 5.92 Å². The monoisotopic (exact) mass is 288 g/mol. The van der Waals surface area contributed by atoms with Crippen molar-refractivity contribution in [3.05, 3.63) is 0 Å². The van der Waals surface area contributed by atoms with Gasteiger partial charge >= 0.3 is 0 Å². The van der Waals surface area contributed by atoms with Crippen LogP contribution in [0.1, 0.15) is 40.5 Å². The van der Waals surface area contributed by atoms with Crippen LogP contribution in [-0.2, 0) is 9.47 Å². The zero-order valence-electron chi connectivity index (χ0n) is 14.4. The van der Waals surface area contributed by atoms with Gasteiger partial charge in [0.2, 0.25) is 0 Å². The molecule has 0 amide bonds. The molecule has 0 rings (SSSR count). The van der Waals surface area contributed by atoms with Gasteiger partial charge in [-0.25, -0.2) is 0 Å². The van der Waals surface area contributed by atoms with Crippen LogP contribution in [-0.4, -0.2) is 64.1 Å². The van der Waals surface area contributed by atoms with Crippen LogP contribution in [0.5, 0.6) is 0 Å². The summed E-state index contributed by atoms with van der Waals surface area (Å²) in [6.45, 7) is 13.7. The topological polar surface area (TPSA) is 33.7 Å². The molecule has 0 saturated carbocycles. The van der Waals surface area contributed by atoms with Gasteiger partial charge in [0, 0.05) is 39.4 Å². The number of hydrogen-bond acceptors (Lipinski definition) is 4. The number of hydrogen-bond donors (Lipinski definition) is 1. The van der Waals surface area contributed by atoms with Crippen LogP contribution in [0.15, 0.2) is 0 Å². The summed E-state index contributed by atoms with van der Waals surface area (Å²) in [6, 6.07) is 0.959. The summed E-state index contributed by atoms with van der Waals surface area (Å²) in [6.07, 6.45) is 2.39. The highest BCUT2D eigenvalue weighted by molar-refractivity contribution is 4.79. The highest BCUT2D eigenvalue weighted by atomic mass is 16.5. The fourth-order valence-corrected chi connectivity index (χ4v) is 2.36. The Bertz CT molecular complexity index is 215. The molecule has 122 valence electrons. The van der Waals surface area contributed by atoms with Gasteiger partial charge in [0.1, 0.15) is 0 Å². The van der Waals surface area contributed by atoms with Gasteiger partial charge in [-0.2, -0.15) is 0 Å². The van der Waals surface area contributed by atoms with Gasteiger partial charge in [-0.3, -0.25) is 4.90 Å². The fraction of sp³-hybridized carbons (Fsp3) is 1.00. The smallest absolute Gasteiger partial charge is 0.0615 e. The lowest BCUT2D eigenvalue weighted by molar-refractivity contribution is 0.0638. The molecule has 0 bridgehead atoms. The summed E-state index contributed by atoms with van der Waals surface area (Å²) in [5.74, 6) is 0.682. The Labute approximate surface area is 126 Å². The summed E-state index contributed by atoms with van der Waals surface area (Å²) in [5.41, 5.74) is 0. The normalized spacial score (nSPS) is 16.4. The third-order valence-electron chi connectivity index (χ3n) is 4.03. The van der Waals surface area contributed by atoms with Crippen molar-refractivity contribution < 1.29 is 9.47 Å². The Morgan fingerprint density at radius 1 is 1.10 bits per heavy atom. The molecule has 3 atom stereocenters. The summed E-state index contributed by atoms with van der Waals surface area (Å²) in [5, 5.41) is 3.70. The predicted molar refractivity (Wildman–Crippen MR) is 86.3 cm³/mol. The quantitative estimate of drug-likeness (QED) is 0.564. The maximum atomic E-state index is 5.31. The molecule has 4 heteroatoms. The van der Waals surface area contributed by atoms with Crippen LogP contribution < -0.4 is 5.32 Å². The molecule has 0 aliphatic carbocycles. The van der Waals surface area contributed by atoms with Gasteiger partial charge in [0.15, 0.2) is 0 Å².